The number of amides is 4. The third-order valence-electron chi connectivity index (χ3n) is 5.58. The molecule has 2 N–H and O–H groups in total. The first-order valence-corrected chi connectivity index (χ1v) is 10.2. The first kappa shape index (κ1) is 21.2. The van der Waals surface area contributed by atoms with Gasteiger partial charge in [0.1, 0.15) is 11.9 Å². The van der Waals surface area contributed by atoms with Crippen molar-refractivity contribution in [3.63, 3.8) is 0 Å². The lowest BCUT2D eigenvalue weighted by Crippen LogP contribution is -2.52. The summed E-state index contributed by atoms with van der Waals surface area (Å²) in [6, 6.07) is 6.06. The van der Waals surface area contributed by atoms with E-state index in [2.05, 4.69) is 22.2 Å². The molecule has 4 rings (SSSR count). The van der Waals surface area contributed by atoms with Crippen molar-refractivity contribution in [1.29, 1.82) is 0 Å². The van der Waals surface area contributed by atoms with Crippen LogP contribution in [-0.2, 0) is 16.1 Å². The normalized spacial score (nSPS) is 17.6. The second-order valence-electron chi connectivity index (χ2n) is 7.96. The molecule has 0 saturated carbocycles. The van der Waals surface area contributed by atoms with Crippen LogP contribution in [0.25, 0.3) is 6.08 Å². The quantitative estimate of drug-likeness (QED) is 0.696. The monoisotopic (exact) mass is 433 g/mol. The van der Waals surface area contributed by atoms with E-state index in [1.54, 1.807) is 30.3 Å². The van der Waals surface area contributed by atoms with Gasteiger partial charge in [-0.25, -0.2) is 4.98 Å². The third-order valence-corrected chi connectivity index (χ3v) is 5.58. The maximum atomic E-state index is 12.8. The number of benzene rings is 1. The van der Waals surface area contributed by atoms with Gasteiger partial charge < -0.3 is 15.1 Å². The Balaban J connectivity index is 1.51. The summed E-state index contributed by atoms with van der Waals surface area (Å²) >= 11 is 0. The Morgan fingerprint density at radius 1 is 1.28 bits per heavy atom. The molecule has 0 bridgehead atoms. The topological polar surface area (TPSA) is 112 Å². The van der Waals surface area contributed by atoms with Crippen molar-refractivity contribution in [2.45, 2.75) is 25.4 Å². The molecule has 4 amide bonds. The predicted molar refractivity (Wildman–Crippen MR) is 119 cm³/mol. The average Bonchev–Trinajstić information content (AvgIpc) is 3.08. The van der Waals surface area contributed by atoms with Crippen molar-refractivity contribution in [3.05, 3.63) is 59.3 Å². The Morgan fingerprint density at radius 3 is 2.75 bits per heavy atom. The molecule has 1 aromatic heterocycles. The number of imide groups is 1. The summed E-state index contributed by atoms with van der Waals surface area (Å²) in [5, 5.41) is 5.12. The number of fused-ring (bicyclic) bond motifs is 1. The molecule has 164 valence electrons. The lowest BCUT2D eigenvalue weighted by Gasteiger charge is -2.29. The van der Waals surface area contributed by atoms with Crippen molar-refractivity contribution in [1.82, 2.24) is 15.2 Å². The number of aromatic nitrogens is 1. The lowest BCUT2D eigenvalue weighted by molar-refractivity contribution is -0.136. The van der Waals surface area contributed by atoms with E-state index in [1.165, 1.54) is 11.1 Å². The predicted octanol–water partition coefficient (Wildman–Crippen LogP) is 1.80. The van der Waals surface area contributed by atoms with Gasteiger partial charge in [0.2, 0.25) is 11.8 Å². The molecule has 9 heteroatoms. The van der Waals surface area contributed by atoms with Crippen LogP contribution in [0.3, 0.4) is 0 Å². The molecule has 9 nitrogen and oxygen atoms in total. The molecule has 2 aliphatic heterocycles. The van der Waals surface area contributed by atoms with Gasteiger partial charge in [-0.15, -0.1) is 0 Å². The Hall–Kier alpha value is -4.01. The Morgan fingerprint density at radius 2 is 2.06 bits per heavy atom. The summed E-state index contributed by atoms with van der Waals surface area (Å²) in [5.74, 6) is -0.666. The van der Waals surface area contributed by atoms with Gasteiger partial charge >= 0.3 is 0 Å². The fourth-order valence-corrected chi connectivity index (χ4v) is 3.98. The highest BCUT2D eigenvalue weighted by atomic mass is 16.2. The molecule has 0 spiro atoms. The van der Waals surface area contributed by atoms with Crippen LogP contribution in [0.15, 0.2) is 37.0 Å². The van der Waals surface area contributed by atoms with Gasteiger partial charge in [-0.3, -0.25) is 24.5 Å². The van der Waals surface area contributed by atoms with E-state index in [-0.39, 0.29) is 30.7 Å². The second-order valence-corrected chi connectivity index (χ2v) is 7.96. The van der Waals surface area contributed by atoms with Crippen molar-refractivity contribution < 1.29 is 19.2 Å². The molecule has 3 heterocycles. The Kier molecular flexibility index (Phi) is 5.48. The number of piperidine rings is 1. The van der Waals surface area contributed by atoms with Gasteiger partial charge in [-0.05, 0) is 36.2 Å². The Bertz CT molecular complexity index is 1160. The summed E-state index contributed by atoms with van der Waals surface area (Å²) in [7, 11) is 3.72. The van der Waals surface area contributed by atoms with Crippen molar-refractivity contribution in [2.24, 2.45) is 0 Å². The average molecular weight is 433 g/mol. The second kappa shape index (κ2) is 8.26. The van der Waals surface area contributed by atoms with Gasteiger partial charge in [-0.1, -0.05) is 12.7 Å². The molecule has 1 atom stereocenters. The minimum Gasteiger partial charge on any atom is -0.362 e. The van der Waals surface area contributed by atoms with Crippen LogP contribution in [0.4, 0.5) is 11.5 Å². The molecule has 1 unspecified atom stereocenters. The zero-order valence-electron chi connectivity index (χ0n) is 17.8. The van der Waals surface area contributed by atoms with Gasteiger partial charge in [-0.2, -0.15) is 0 Å². The van der Waals surface area contributed by atoms with Crippen LogP contribution in [0.2, 0.25) is 0 Å². The number of carbonyl (C=O) groups is 4. The number of nitrogens with zero attached hydrogens (tertiary/aromatic N) is 3. The lowest BCUT2D eigenvalue weighted by atomic mass is 10.0. The van der Waals surface area contributed by atoms with E-state index in [1.807, 2.05) is 19.0 Å². The number of hydrogen-bond acceptors (Lipinski definition) is 6. The van der Waals surface area contributed by atoms with E-state index in [0.717, 1.165) is 5.56 Å². The van der Waals surface area contributed by atoms with Crippen molar-refractivity contribution >= 4 is 41.2 Å². The van der Waals surface area contributed by atoms with E-state index in [9.17, 15) is 19.2 Å². The first-order chi connectivity index (χ1) is 15.3. The highest BCUT2D eigenvalue weighted by Crippen LogP contribution is 2.29. The van der Waals surface area contributed by atoms with Gasteiger partial charge in [0, 0.05) is 50.1 Å². The zero-order valence-corrected chi connectivity index (χ0v) is 17.8. The maximum absolute atomic E-state index is 12.8. The Labute approximate surface area is 185 Å². The van der Waals surface area contributed by atoms with E-state index < -0.39 is 11.9 Å². The largest absolute Gasteiger partial charge is 0.362 e. The molecule has 1 saturated heterocycles. The first-order valence-electron chi connectivity index (χ1n) is 10.2. The van der Waals surface area contributed by atoms with Crippen molar-refractivity contribution in [3.8, 4) is 0 Å². The zero-order chi connectivity index (χ0) is 23.0. The van der Waals surface area contributed by atoms with Crippen LogP contribution < -0.4 is 15.5 Å². The molecular weight excluding hydrogens is 410 g/mol. The van der Waals surface area contributed by atoms with Gasteiger partial charge in [0.05, 0.1) is 5.56 Å². The highest BCUT2D eigenvalue weighted by Gasteiger charge is 2.39. The summed E-state index contributed by atoms with van der Waals surface area (Å²) in [5.41, 5.74) is 2.85. The SMILES string of the molecule is C=Cc1cc(C(=O)Nc2ccc3c(c2)CN(C2CCC(=O)NC2=O)C3=O)cnc1N(C)C. The maximum Gasteiger partial charge on any atom is 0.257 e. The minimum absolute atomic E-state index is 0.200. The number of hydrogen-bond donors (Lipinski definition) is 2. The number of rotatable bonds is 5. The van der Waals surface area contributed by atoms with Gasteiger partial charge in [0.25, 0.3) is 11.8 Å². The van der Waals surface area contributed by atoms with Crippen LogP contribution in [0.1, 0.15) is 44.7 Å². The van der Waals surface area contributed by atoms with Crippen LogP contribution in [0.5, 0.6) is 0 Å². The van der Waals surface area contributed by atoms with E-state index in [0.29, 0.717) is 34.6 Å². The van der Waals surface area contributed by atoms with E-state index in [4.69, 9.17) is 0 Å². The molecule has 0 aliphatic carbocycles. The number of pyridine rings is 1. The summed E-state index contributed by atoms with van der Waals surface area (Å²) in [4.78, 5) is 56.8. The van der Waals surface area contributed by atoms with Gasteiger partial charge in [0.15, 0.2) is 0 Å². The molecule has 0 radical (unpaired) electrons. The van der Waals surface area contributed by atoms with Crippen molar-refractivity contribution in [2.75, 3.05) is 24.3 Å². The standard InChI is InChI=1S/C23H23N5O4/c1-4-13-9-14(11-24-20(13)27(2)3)21(30)25-16-5-6-17-15(10-16)12-28(23(17)32)18-7-8-19(29)26-22(18)31/h4-6,9-11,18H,1,7-8,12H2,2-3H3,(H,25,30)(H,26,29,31). The highest BCUT2D eigenvalue weighted by molar-refractivity contribution is 6.07. The molecule has 2 aliphatic rings. The van der Waals surface area contributed by atoms with E-state index >= 15 is 0 Å². The molecule has 1 fully saturated rings. The fourth-order valence-electron chi connectivity index (χ4n) is 3.98. The summed E-state index contributed by atoms with van der Waals surface area (Å²) < 4.78 is 0. The smallest absolute Gasteiger partial charge is 0.257 e. The number of anilines is 2. The van der Waals surface area contributed by atoms with Crippen LogP contribution in [-0.4, -0.2) is 53.6 Å². The molecular formula is C23H23N5O4. The minimum atomic E-state index is -0.677. The number of carbonyl (C=O) groups excluding carboxylic acids is 4. The summed E-state index contributed by atoms with van der Waals surface area (Å²) in [6.07, 6.45) is 3.64. The number of nitrogens with one attached hydrogen (secondary N) is 2. The van der Waals surface area contributed by atoms with Crippen LogP contribution >= 0.6 is 0 Å². The molecule has 2 aromatic rings. The fraction of sp³-hybridized carbons (Fsp3) is 0.261. The third kappa shape index (κ3) is 3.84. The molecule has 1 aromatic carbocycles. The summed E-state index contributed by atoms with van der Waals surface area (Å²) in [6.45, 7) is 4.02. The van der Waals surface area contributed by atoms with Crippen LogP contribution in [0, 0.1) is 0 Å². The molecule has 32 heavy (non-hydrogen) atoms.